The predicted octanol–water partition coefficient (Wildman–Crippen LogP) is 2.83. The first-order valence-corrected chi connectivity index (χ1v) is 14.1. The summed E-state index contributed by atoms with van der Waals surface area (Å²) in [5.74, 6) is 1.18. The molecule has 244 valence electrons. The standard InChI is InChI=1S/C28H38N2O14/c31-29(32)23-1-3-25-27(21-23)43-19-15-39-11-7-36-8-12-40-16-20-44-28-22-24(30(33)34)2-4-26(28)42-18-14-38-10-6-35-5-9-37-13-17-41-25/h1-4,21-22H,5-20H2. The van der Waals surface area contributed by atoms with Crippen molar-refractivity contribution in [2.24, 2.45) is 0 Å². The number of rotatable bonds is 2. The largest absolute Gasteiger partial charge is 0.487 e. The molecule has 44 heavy (non-hydrogen) atoms. The summed E-state index contributed by atoms with van der Waals surface area (Å²) in [4.78, 5) is 21.3. The summed E-state index contributed by atoms with van der Waals surface area (Å²) in [5, 5.41) is 22.4. The maximum absolute atomic E-state index is 11.2. The molecule has 3 rings (SSSR count). The van der Waals surface area contributed by atoms with Crippen molar-refractivity contribution in [1.29, 1.82) is 0 Å². The van der Waals surface area contributed by atoms with Gasteiger partial charge < -0.3 is 47.4 Å². The first-order valence-electron chi connectivity index (χ1n) is 14.1. The zero-order valence-electron chi connectivity index (χ0n) is 24.4. The maximum Gasteiger partial charge on any atom is 0.273 e. The Labute approximate surface area is 254 Å². The van der Waals surface area contributed by atoms with Crippen molar-refractivity contribution in [2.45, 2.75) is 0 Å². The van der Waals surface area contributed by atoms with E-state index in [0.29, 0.717) is 64.4 Å². The molecule has 0 saturated carbocycles. The minimum Gasteiger partial charge on any atom is -0.487 e. The topological polar surface area (TPSA) is 179 Å². The number of fused-ring (bicyclic) bond motifs is 2. The number of nitro benzene ring substituents is 2. The van der Waals surface area contributed by atoms with E-state index in [-0.39, 0.29) is 75.7 Å². The van der Waals surface area contributed by atoms with Crippen LogP contribution in [0, 0.1) is 20.2 Å². The molecule has 0 unspecified atom stereocenters. The van der Waals surface area contributed by atoms with Crippen LogP contribution in [0.4, 0.5) is 11.4 Å². The van der Waals surface area contributed by atoms with Crippen molar-refractivity contribution < 1.29 is 57.2 Å². The molecule has 0 aliphatic carbocycles. The van der Waals surface area contributed by atoms with Crippen LogP contribution in [0.25, 0.3) is 0 Å². The van der Waals surface area contributed by atoms with Gasteiger partial charge in [0.2, 0.25) is 0 Å². The van der Waals surface area contributed by atoms with Crippen molar-refractivity contribution in [3.8, 4) is 23.0 Å². The molecule has 0 radical (unpaired) electrons. The van der Waals surface area contributed by atoms with Gasteiger partial charge >= 0.3 is 0 Å². The van der Waals surface area contributed by atoms with Crippen LogP contribution in [0.5, 0.6) is 23.0 Å². The Balaban J connectivity index is 1.46. The number of nitro groups is 2. The lowest BCUT2D eigenvalue weighted by molar-refractivity contribution is -0.385. The van der Waals surface area contributed by atoms with E-state index < -0.39 is 9.85 Å². The molecule has 0 spiro atoms. The zero-order valence-corrected chi connectivity index (χ0v) is 24.4. The van der Waals surface area contributed by atoms with E-state index in [2.05, 4.69) is 0 Å². The number of ether oxygens (including phenoxy) is 10. The fourth-order valence-corrected chi connectivity index (χ4v) is 3.61. The molecular formula is C28H38N2O14. The third-order valence-electron chi connectivity index (χ3n) is 5.71. The molecule has 16 nitrogen and oxygen atoms in total. The van der Waals surface area contributed by atoms with Gasteiger partial charge in [0.1, 0.15) is 26.4 Å². The Hall–Kier alpha value is -3.80. The van der Waals surface area contributed by atoms with E-state index >= 15 is 0 Å². The second-order valence-electron chi connectivity index (χ2n) is 8.84. The van der Waals surface area contributed by atoms with E-state index in [1.54, 1.807) is 0 Å². The SMILES string of the molecule is O=[N+]([O-])c1ccc2c(c1)OCCOCCOCCOCCOc1cc([N+](=O)[O-])ccc1OCCOCCOCCOCCO2. The lowest BCUT2D eigenvalue weighted by atomic mass is 10.3. The average Bonchev–Trinajstić information content (AvgIpc) is 3.01. The normalized spacial score (nSPS) is 18.0. The van der Waals surface area contributed by atoms with E-state index in [0.717, 1.165) is 0 Å². The Morgan fingerprint density at radius 1 is 0.386 bits per heavy atom. The lowest BCUT2D eigenvalue weighted by Gasteiger charge is -2.14. The zero-order chi connectivity index (χ0) is 31.2. The van der Waals surface area contributed by atoms with Crippen LogP contribution in [-0.2, 0) is 28.4 Å². The highest BCUT2D eigenvalue weighted by Gasteiger charge is 2.15. The van der Waals surface area contributed by atoms with E-state index in [9.17, 15) is 20.2 Å². The predicted molar refractivity (Wildman–Crippen MR) is 153 cm³/mol. The van der Waals surface area contributed by atoms with Gasteiger partial charge in [0.15, 0.2) is 23.0 Å². The molecule has 0 N–H and O–H groups in total. The van der Waals surface area contributed by atoms with Crippen LogP contribution in [0.2, 0.25) is 0 Å². The van der Waals surface area contributed by atoms with E-state index in [1.807, 2.05) is 0 Å². The Morgan fingerprint density at radius 3 is 0.909 bits per heavy atom. The van der Waals surface area contributed by atoms with Crippen molar-refractivity contribution >= 4 is 11.4 Å². The number of benzene rings is 2. The second-order valence-corrected chi connectivity index (χ2v) is 8.84. The molecule has 0 bridgehead atoms. The smallest absolute Gasteiger partial charge is 0.273 e. The molecule has 0 atom stereocenters. The third kappa shape index (κ3) is 13.7. The molecule has 2 aromatic rings. The van der Waals surface area contributed by atoms with Gasteiger partial charge in [-0.3, -0.25) is 20.2 Å². The number of nitrogens with zero attached hydrogens (tertiary/aromatic N) is 2. The Morgan fingerprint density at radius 2 is 0.636 bits per heavy atom. The summed E-state index contributed by atoms with van der Waals surface area (Å²) in [7, 11) is 0. The van der Waals surface area contributed by atoms with Crippen molar-refractivity contribution in [3.63, 3.8) is 0 Å². The summed E-state index contributed by atoms with van der Waals surface area (Å²) in [6, 6.07) is 8.26. The number of hydrogen-bond acceptors (Lipinski definition) is 14. The first kappa shape index (κ1) is 34.7. The minimum atomic E-state index is -0.509. The molecule has 0 amide bonds. The molecule has 16 heteroatoms. The van der Waals surface area contributed by atoms with Crippen LogP contribution in [0.15, 0.2) is 36.4 Å². The minimum absolute atomic E-state index is 0.119. The highest BCUT2D eigenvalue weighted by atomic mass is 16.6. The van der Waals surface area contributed by atoms with Gasteiger partial charge in [0, 0.05) is 12.1 Å². The molecule has 1 aliphatic heterocycles. The summed E-state index contributed by atoms with van der Waals surface area (Å²) in [6.45, 7) is 4.38. The molecule has 2 aromatic carbocycles. The average molecular weight is 627 g/mol. The van der Waals surface area contributed by atoms with Gasteiger partial charge in [-0.2, -0.15) is 0 Å². The molecule has 0 aromatic heterocycles. The monoisotopic (exact) mass is 626 g/mol. The van der Waals surface area contributed by atoms with Crippen LogP contribution in [-0.4, -0.2) is 116 Å². The maximum atomic E-state index is 11.2. The van der Waals surface area contributed by atoms with Gasteiger partial charge in [-0.25, -0.2) is 0 Å². The van der Waals surface area contributed by atoms with Crippen molar-refractivity contribution in [1.82, 2.24) is 0 Å². The van der Waals surface area contributed by atoms with Crippen LogP contribution in [0.3, 0.4) is 0 Å². The summed E-state index contributed by atoms with van der Waals surface area (Å²) < 4.78 is 55.7. The van der Waals surface area contributed by atoms with Gasteiger partial charge in [0.05, 0.1) is 101 Å². The van der Waals surface area contributed by atoms with Crippen molar-refractivity contribution in [2.75, 3.05) is 106 Å². The first-order chi connectivity index (χ1) is 21.5. The Bertz CT molecular complexity index is 1050. The fraction of sp³-hybridized carbons (Fsp3) is 0.571. The molecule has 0 saturated heterocycles. The molecular weight excluding hydrogens is 588 g/mol. The fourth-order valence-electron chi connectivity index (χ4n) is 3.61. The van der Waals surface area contributed by atoms with Crippen molar-refractivity contribution in [3.05, 3.63) is 56.6 Å². The number of hydrogen-bond donors (Lipinski definition) is 0. The third-order valence-corrected chi connectivity index (χ3v) is 5.71. The van der Waals surface area contributed by atoms with E-state index in [4.69, 9.17) is 47.4 Å². The molecule has 1 heterocycles. The van der Waals surface area contributed by atoms with Crippen LogP contribution < -0.4 is 18.9 Å². The van der Waals surface area contributed by atoms with Gasteiger partial charge in [-0.15, -0.1) is 0 Å². The summed E-state index contributed by atoms with van der Waals surface area (Å²) in [6.07, 6.45) is 0. The summed E-state index contributed by atoms with van der Waals surface area (Å²) >= 11 is 0. The highest BCUT2D eigenvalue weighted by Crippen LogP contribution is 2.32. The van der Waals surface area contributed by atoms with Crippen LogP contribution in [0.1, 0.15) is 0 Å². The number of non-ortho nitro benzene ring substituents is 2. The molecule has 1 aliphatic rings. The molecule has 0 fully saturated rings. The van der Waals surface area contributed by atoms with Crippen LogP contribution >= 0.6 is 0 Å². The van der Waals surface area contributed by atoms with Gasteiger partial charge in [-0.05, 0) is 12.1 Å². The lowest BCUT2D eigenvalue weighted by Crippen LogP contribution is -2.15. The highest BCUT2D eigenvalue weighted by molar-refractivity contribution is 5.49. The summed E-state index contributed by atoms with van der Waals surface area (Å²) in [5.41, 5.74) is -0.238. The van der Waals surface area contributed by atoms with E-state index in [1.165, 1.54) is 36.4 Å². The van der Waals surface area contributed by atoms with Gasteiger partial charge in [-0.1, -0.05) is 0 Å². The van der Waals surface area contributed by atoms with Gasteiger partial charge in [0.25, 0.3) is 11.4 Å². The quantitative estimate of drug-likeness (QED) is 0.351. The Kier molecular flexibility index (Phi) is 16.5. The second kappa shape index (κ2) is 21.0.